The SMILES string of the molecule is CCCCCCCCCCC(O)COCC[N+](C)(CCOCC(O)CCCCCCCCCC)CCOCC(O)CCCCCCCCCC.[Cl-]. The minimum absolute atomic E-state index is 0. The van der Waals surface area contributed by atoms with Gasteiger partial charge < -0.3 is 46.4 Å². The zero-order valence-electron chi connectivity index (χ0n) is 34.6. The van der Waals surface area contributed by atoms with Gasteiger partial charge in [-0.25, -0.2) is 0 Å². The number of likely N-dealkylation sites (N-methyl/N-ethyl adjacent to an activating group) is 1. The Morgan fingerprint density at radius 1 is 0.373 bits per heavy atom. The summed E-state index contributed by atoms with van der Waals surface area (Å²) in [7, 11) is 2.21. The van der Waals surface area contributed by atoms with Crippen molar-refractivity contribution in [1.29, 1.82) is 0 Å². The third kappa shape index (κ3) is 39.5. The van der Waals surface area contributed by atoms with E-state index in [9.17, 15) is 15.3 Å². The maximum absolute atomic E-state index is 10.5. The maximum atomic E-state index is 10.5. The standard InChI is InChI=1S/C43H90NO6.ClH/c1-5-8-11-14-17-20-23-26-29-41(45)38-48-35-32-44(4,33-36-49-39-42(46)30-27-24-21-18-15-12-9-6-2)34-37-50-40-43(47)31-28-25-22-19-16-13-10-7-3;/h41-43,45-47H,5-40H2,1-4H3;1H/q+1;/p-1. The van der Waals surface area contributed by atoms with Crippen LogP contribution in [0.1, 0.15) is 194 Å². The molecule has 310 valence electrons. The van der Waals surface area contributed by atoms with Gasteiger partial charge in [0.1, 0.15) is 19.6 Å². The molecule has 0 aromatic carbocycles. The summed E-state index contributed by atoms with van der Waals surface area (Å²) in [6.45, 7) is 12.1. The molecule has 0 rings (SSSR count). The summed E-state index contributed by atoms with van der Waals surface area (Å²) >= 11 is 0. The second-order valence-electron chi connectivity index (χ2n) is 15.8. The van der Waals surface area contributed by atoms with Crippen LogP contribution >= 0.6 is 0 Å². The molecule has 0 aliphatic rings. The molecule has 0 amide bonds. The molecule has 0 aliphatic carbocycles. The minimum Gasteiger partial charge on any atom is -1.00 e. The highest BCUT2D eigenvalue weighted by atomic mass is 35.5. The molecule has 0 bridgehead atoms. The third-order valence-corrected chi connectivity index (χ3v) is 10.4. The van der Waals surface area contributed by atoms with E-state index in [1.54, 1.807) is 0 Å². The Bertz CT molecular complexity index is 576. The lowest BCUT2D eigenvalue weighted by Crippen LogP contribution is -3.00. The van der Waals surface area contributed by atoms with Gasteiger partial charge in [-0.05, 0) is 19.3 Å². The average Bonchev–Trinajstić information content (AvgIpc) is 3.10. The Kier molecular flexibility index (Phi) is 42.9. The Labute approximate surface area is 324 Å². The molecule has 0 saturated heterocycles. The lowest BCUT2D eigenvalue weighted by molar-refractivity contribution is -0.910. The number of halogens is 1. The Hall–Kier alpha value is 0.01000. The van der Waals surface area contributed by atoms with Gasteiger partial charge in [0.25, 0.3) is 0 Å². The van der Waals surface area contributed by atoms with Crippen LogP contribution in [0.5, 0.6) is 0 Å². The highest BCUT2D eigenvalue weighted by Gasteiger charge is 2.22. The zero-order valence-corrected chi connectivity index (χ0v) is 35.3. The molecule has 51 heavy (non-hydrogen) atoms. The van der Waals surface area contributed by atoms with Gasteiger partial charge in [0.2, 0.25) is 0 Å². The van der Waals surface area contributed by atoms with Crippen LogP contribution in [0.3, 0.4) is 0 Å². The van der Waals surface area contributed by atoms with Crippen LogP contribution in [0, 0.1) is 0 Å². The number of quaternary nitrogens is 1. The molecule has 7 nitrogen and oxygen atoms in total. The van der Waals surface area contributed by atoms with Crippen molar-refractivity contribution in [3.05, 3.63) is 0 Å². The fraction of sp³-hybridized carbons (Fsp3) is 1.00. The van der Waals surface area contributed by atoms with Crippen molar-refractivity contribution in [2.24, 2.45) is 0 Å². The normalized spacial score (nSPS) is 14.6. The van der Waals surface area contributed by atoms with Crippen LogP contribution in [-0.2, 0) is 14.2 Å². The molecule has 3 N–H and O–H groups in total. The first-order valence-electron chi connectivity index (χ1n) is 22.0. The summed E-state index contributed by atoms with van der Waals surface area (Å²) in [5.74, 6) is 0. The van der Waals surface area contributed by atoms with E-state index in [4.69, 9.17) is 14.2 Å². The van der Waals surface area contributed by atoms with Gasteiger partial charge in [-0.15, -0.1) is 0 Å². The summed E-state index contributed by atoms with van der Waals surface area (Å²) < 4.78 is 18.6. The van der Waals surface area contributed by atoms with Crippen molar-refractivity contribution >= 4 is 0 Å². The molecule has 0 aromatic rings. The van der Waals surface area contributed by atoms with Gasteiger partial charge in [-0.1, -0.05) is 175 Å². The molecule has 0 saturated carbocycles. The predicted octanol–water partition coefficient (Wildman–Crippen LogP) is 7.16. The molecule has 0 radical (unpaired) electrons. The molecule has 0 fully saturated rings. The Morgan fingerprint density at radius 2 is 0.588 bits per heavy atom. The topological polar surface area (TPSA) is 88.4 Å². The van der Waals surface area contributed by atoms with Crippen molar-refractivity contribution in [2.75, 3.05) is 66.3 Å². The van der Waals surface area contributed by atoms with Crippen LogP contribution in [0.15, 0.2) is 0 Å². The number of rotatable bonds is 42. The molecular weight excluding hydrogens is 662 g/mol. The minimum atomic E-state index is -0.398. The Balaban J connectivity index is 0. The van der Waals surface area contributed by atoms with E-state index in [0.29, 0.717) is 39.6 Å². The summed E-state index contributed by atoms with van der Waals surface area (Å²) in [6.07, 6.45) is 31.7. The third-order valence-electron chi connectivity index (χ3n) is 10.4. The lowest BCUT2D eigenvalue weighted by Gasteiger charge is -2.34. The van der Waals surface area contributed by atoms with Crippen LogP contribution in [-0.4, -0.2) is 104 Å². The van der Waals surface area contributed by atoms with Crippen molar-refractivity contribution in [3.63, 3.8) is 0 Å². The molecule has 0 heterocycles. The van der Waals surface area contributed by atoms with Gasteiger partial charge in [-0.3, -0.25) is 0 Å². The van der Waals surface area contributed by atoms with E-state index in [0.717, 1.165) is 62.6 Å². The first kappa shape index (κ1) is 53.1. The number of hydrogen-bond acceptors (Lipinski definition) is 6. The van der Waals surface area contributed by atoms with Gasteiger partial charge in [0.15, 0.2) is 0 Å². The monoisotopic (exact) mass is 752 g/mol. The number of ether oxygens (including phenoxy) is 3. The predicted molar refractivity (Wildman–Crippen MR) is 213 cm³/mol. The molecule has 0 aromatic heterocycles. The molecule has 3 atom stereocenters. The smallest absolute Gasteiger partial charge is 0.102 e. The number of aliphatic hydroxyl groups excluding tert-OH is 3. The summed E-state index contributed by atoms with van der Waals surface area (Å²) in [5, 5.41) is 31.4. The van der Waals surface area contributed by atoms with Crippen LogP contribution in [0.4, 0.5) is 0 Å². The zero-order chi connectivity index (χ0) is 36.8. The van der Waals surface area contributed by atoms with E-state index in [-0.39, 0.29) is 12.4 Å². The summed E-state index contributed by atoms with van der Waals surface area (Å²) in [4.78, 5) is 0. The van der Waals surface area contributed by atoms with Gasteiger partial charge in [0.05, 0.1) is 65.0 Å². The fourth-order valence-corrected chi connectivity index (χ4v) is 6.64. The quantitative estimate of drug-likeness (QED) is 0.0454. The van der Waals surface area contributed by atoms with E-state index >= 15 is 0 Å². The summed E-state index contributed by atoms with van der Waals surface area (Å²) in [6, 6.07) is 0. The lowest BCUT2D eigenvalue weighted by atomic mass is 10.1. The van der Waals surface area contributed by atoms with Crippen molar-refractivity contribution in [3.8, 4) is 0 Å². The van der Waals surface area contributed by atoms with E-state index in [1.807, 2.05) is 0 Å². The van der Waals surface area contributed by atoms with Crippen LogP contribution < -0.4 is 12.4 Å². The first-order valence-corrected chi connectivity index (χ1v) is 22.0. The second kappa shape index (κ2) is 41.2. The van der Waals surface area contributed by atoms with Crippen molar-refractivity contribution in [2.45, 2.75) is 212 Å². The van der Waals surface area contributed by atoms with Gasteiger partial charge >= 0.3 is 0 Å². The van der Waals surface area contributed by atoms with Crippen LogP contribution in [0.25, 0.3) is 0 Å². The second-order valence-corrected chi connectivity index (χ2v) is 15.8. The van der Waals surface area contributed by atoms with Crippen molar-refractivity contribution < 1.29 is 46.4 Å². The highest BCUT2D eigenvalue weighted by Crippen LogP contribution is 2.14. The largest absolute Gasteiger partial charge is 1.00 e. The Morgan fingerprint density at radius 3 is 0.824 bits per heavy atom. The van der Waals surface area contributed by atoms with Gasteiger partial charge in [0, 0.05) is 0 Å². The van der Waals surface area contributed by atoms with E-state index in [2.05, 4.69) is 27.8 Å². The first-order chi connectivity index (χ1) is 24.4. The van der Waals surface area contributed by atoms with E-state index < -0.39 is 18.3 Å². The maximum Gasteiger partial charge on any atom is 0.102 e. The molecule has 3 unspecified atom stereocenters. The highest BCUT2D eigenvalue weighted by molar-refractivity contribution is 4.58. The number of aliphatic hydroxyl groups is 3. The molecule has 0 spiro atoms. The fourth-order valence-electron chi connectivity index (χ4n) is 6.64. The average molecular weight is 753 g/mol. The molecule has 0 aliphatic heterocycles. The van der Waals surface area contributed by atoms with Crippen molar-refractivity contribution in [1.82, 2.24) is 0 Å². The molecular formula is C43H90ClNO6. The van der Waals surface area contributed by atoms with Gasteiger partial charge in [-0.2, -0.15) is 0 Å². The number of unbranched alkanes of at least 4 members (excludes halogenated alkanes) is 21. The summed E-state index contributed by atoms with van der Waals surface area (Å²) in [5.41, 5.74) is 0. The van der Waals surface area contributed by atoms with Crippen LogP contribution in [0.2, 0.25) is 0 Å². The number of hydrogen-bond donors (Lipinski definition) is 3. The van der Waals surface area contributed by atoms with E-state index in [1.165, 1.54) is 135 Å². The number of nitrogens with zero attached hydrogens (tertiary/aromatic N) is 1. The molecule has 8 heteroatoms.